The second kappa shape index (κ2) is 10.1. The van der Waals surface area contributed by atoms with Crippen LogP contribution in [0.5, 0.6) is 0 Å². The normalized spacial score (nSPS) is 21.3. The third-order valence-corrected chi connectivity index (χ3v) is 7.13. The summed E-state index contributed by atoms with van der Waals surface area (Å²) in [4.78, 5) is 25.5. The minimum atomic E-state index is -1.01. The Labute approximate surface area is 192 Å². The Morgan fingerprint density at radius 2 is 1.75 bits per heavy atom. The van der Waals surface area contributed by atoms with Gasteiger partial charge in [-0.2, -0.15) is 5.10 Å². The summed E-state index contributed by atoms with van der Waals surface area (Å²) in [5, 5.41) is 17.6. The summed E-state index contributed by atoms with van der Waals surface area (Å²) >= 11 is 1.15. The Balaban J connectivity index is 1.56. The van der Waals surface area contributed by atoms with Crippen molar-refractivity contribution in [3.8, 4) is 0 Å². The molecule has 1 saturated heterocycles. The van der Waals surface area contributed by atoms with Gasteiger partial charge in [-0.15, -0.1) is 5.10 Å². The van der Waals surface area contributed by atoms with Gasteiger partial charge in [0.05, 0.1) is 17.8 Å². The molecule has 0 spiro atoms. The highest BCUT2D eigenvalue weighted by Gasteiger charge is 2.40. The van der Waals surface area contributed by atoms with Crippen molar-refractivity contribution in [2.24, 2.45) is 10.2 Å². The minimum absolute atomic E-state index is 0.253. The van der Waals surface area contributed by atoms with Gasteiger partial charge >= 0.3 is 5.97 Å². The zero-order valence-electron chi connectivity index (χ0n) is 18.1. The smallest absolute Gasteiger partial charge is 0.305 e. The van der Waals surface area contributed by atoms with Gasteiger partial charge in [0.2, 0.25) is 5.91 Å². The molecule has 2 fully saturated rings. The largest absolute Gasteiger partial charge is 0.481 e. The number of amidine groups is 1. The third kappa shape index (κ3) is 5.10. The predicted molar refractivity (Wildman–Crippen MR) is 129 cm³/mol. The molecular weight excluding hydrogens is 422 g/mol. The number of aliphatic carboxylic acids is 1. The van der Waals surface area contributed by atoms with E-state index in [1.807, 2.05) is 25.1 Å². The standard InChI is InChI=1S/C25H27N3O3S/c1-17(18-12-14-20(15-13-18)19-8-4-2-5-9-19)26-27-25-28(21-10-6-3-7-11-21)24(31)22(32-25)16-23(29)30/h3,6-7,10-15,19,22H,2,4-5,8-9,16H2,1H3,(H,29,30)/b26-17+,27-25+. The highest BCUT2D eigenvalue weighted by atomic mass is 32.2. The van der Waals surface area contributed by atoms with Crippen LogP contribution in [0, 0.1) is 0 Å². The van der Waals surface area contributed by atoms with E-state index >= 15 is 0 Å². The lowest BCUT2D eigenvalue weighted by Crippen LogP contribution is -2.32. The molecule has 1 aliphatic heterocycles. The number of amides is 1. The van der Waals surface area contributed by atoms with Crippen LogP contribution in [0.2, 0.25) is 0 Å². The van der Waals surface area contributed by atoms with Gasteiger partial charge in [0.25, 0.3) is 0 Å². The number of para-hydroxylation sites is 1. The minimum Gasteiger partial charge on any atom is -0.481 e. The van der Waals surface area contributed by atoms with Crippen LogP contribution < -0.4 is 4.90 Å². The summed E-state index contributed by atoms with van der Waals surface area (Å²) in [6, 6.07) is 17.7. The van der Waals surface area contributed by atoms with Crippen molar-refractivity contribution in [1.29, 1.82) is 0 Å². The highest BCUT2D eigenvalue weighted by molar-refractivity contribution is 8.16. The molecule has 1 unspecified atom stereocenters. The van der Waals surface area contributed by atoms with Gasteiger partial charge in [-0.25, -0.2) is 0 Å². The zero-order chi connectivity index (χ0) is 22.5. The molecule has 4 rings (SSSR count). The van der Waals surface area contributed by atoms with Crippen molar-refractivity contribution >= 4 is 40.2 Å². The maximum atomic E-state index is 12.9. The Hall–Kier alpha value is -2.93. The molecule has 0 radical (unpaired) electrons. The number of anilines is 1. The topological polar surface area (TPSA) is 82.3 Å². The Bertz CT molecular complexity index is 1030. The number of carboxylic acid groups (broad SMARTS) is 1. The molecule has 1 atom stereocenters. The van der Waals surface area contributed by atoms with E-state index in [0.717, 1.165) is 23.0 Å². The molecule has 7 heteroatoms. The third-order valence-electron chi connectivity index (χ3n) is 6.00. The van der Waals surface area contributed by atoms with Crippen LogP contribution in [0.25, 0.3) is 0 Å². The van der Waals surface area contributed by atoms with Crippen LogP contribution in [-0.2, 0) is 9.59 Å². The van der Waals surface area contributed by atoms with Gasteiger partial charge in [-0.3, -0.25) is 14.5 Å². The van der Waals surface area contributed by atoms with Crippen molar-refractivity contribution in [2.75, 3.05) is 4.90 Å². The first kappa shape index (κ1) is 22.3. The van der Waals surface area contributed by atoms with E-state index in [9.17, 15) is 9.59 Å². The summed E-state index contributed by atoms with van der Waals surface area (Å²) in [6.45, 7) is 1.89. The molecule has 166 valence electrons. The zero-order valence-corrected chi connectivity index (χ0v) is 18.9. The van der Waals surface area contributed by atoms with Gasteiger partial charge in [0.15, 0.2) is 5.17 Å². The Kier molecular flexibility index (Phi) is 7.05. The molecule has 2 aromatic rings. The van der Waals surface area contributed by atoms with Crippen LogP contribution in [0.1, 0.15) is 62.5 Å². The maximum Gasteiger partial charge on any atom is 0.305 e. The first-order valence-corrected chi connectivity index (χ1v) is 11.9. The second-order valence-corrected chi connectivity index (χ2v) is 9.41. The maximum absolute atomic E-state index is 12.9. The number of thioether (sulfide) groups is 1. The van der Waals surface area contributed by atoms with E-state index in [-0.39, 0.29) is 12.3 Å². The van der Waals surface area contributed by atoms with Gasteiger partial charge < -0.3 is 5.11 Å². The van der Waals surface area contributed by atoms with E-state index < -0.39 is 11.2 Å². The van der Waals surface area contributed by atoms with Crippen molar-refractivity contribution in [3.05, 3.63) is 65.7 Å². The average Bonchev–Trinajstić information content (AvgIpc) is 3.13. The molecule has 1 aliphatic carbocycles. The molecule has 1 N–H and O–H groups in total. The Morgan fingerprint density at radius 3 is 2.41 bits per heavy atom. The first-order valence-electron chi connectivity index (χ1n) is 11.0. The van der Waals surface area contributed by atoms with Crippen molar-refractivity contribution in [2.45, 2.75) is 56.6 Å². The van der Waals surface area contributed by atoms with Gasteiger partial charge in [-0.1, -0.05) is 73.5 Å². The van der Waals surface area contributed by atoms with Crippen molar-refractivity contribution < 1.29 is 14.7 Å². The number of hydrogen-bond acceptors (Lipinski definition) is 5. The number of nitrogens with zero attached hydrogens (tertiary/aromatic N) is 3. The number of hydrogen-bond donors (Lipinski definition) is 1. The average molecular weight is 450 g/mol. The number of benzene rings is 2. The van der Waals surface area contributed by atoms with Gasteiger partial charge in [0, 0.05) is 0 Å². The molecule has 2 aromatic carbocycles. The Morgan fingerprint density at radius 1 is 1.06 bits per heavy atom. The summed E-state index contributed by atoms with van der Waals surface area (Å²) in [5.41, 5.74) is 3.77. The molecule has 2 aliphatic rings. The number of carbonyl (C=O) groups is 2. The van der Waals surface area contributed by atoms with E-state index in [4.69, 9.17) is 5.11 Å². The lowest BCUT2D eigenvalue weighted by molar-refractivity contribution is -0.138. The SMILES string of the molecule is C/C(=N\N=C1\SC(CC(=O)O)C(=O)N1c1ccccc1)c1ccc(C2CCCCC2)cc1. The van der Waals surface area contributed by atoms with E-state index in [0.29, 0.717) is 16.8 Å². The summed E-state index contributed by atoms with van der Waals surface area (Å²) in [5.74, 6) is -0.642. The molecular formula is C25H27N3O3S. The van der Waals surface area contributed by atoms with E-state index in [1.165, 1.54) is 42.6 Å². The molecule has 1 amide bonds. The predicted octanol–water partition coefficient (Wildman–Crippen LogP) is 5.44. The van der Waals surface area contributed by atoms with Crippen LogP contribution in [0.15, 0.2) is 64.8 Å². The van der Waals surface area contributed by atoms with Crippen molar-refractivity contribution in [3.63, 3.8) is 0 Å². The fourth-order valence-electron chi connectivity index (χ4n) is 4.25. The fourth-order valence-corrected chi connectivity index (χ4v) is 5.32. The van der Waals surface area contributed by atoms with E-state index in [1.54, 1.807) is 12.1 Å². The number of carbonyl (C=O) groups excluding carboxylic acids is 1. The van der Waals surface area contributed by atoms with Crippen LogP contribution in [0.4, 0.5) is 5.69 Å². The summed E-state index contributed by atoms with van der Waals surface area (Å²) in [6.07, 6.45) is 6.23. The lowest BCUT2D eigenvalue weighted by atomic mass is 9.84. The van der Waals surface area contributed by atoms with E-state index in [2.05, 4.69) is 34.5 Å². The first-order chi connectivity index (χ1) is 15.5. The van der Waals surface area contributed by atoms with Crippen LogP contribution in [0.3, 0.4) is 0 Å². The highest BCUT2D eigenvalue weighted by Crippen LogP contribution is 2.34. The second-order valence-electron chi connectivity index (χ2n) is 8.24. The van der Waals surface area contributed by atoms with Crippen molar-refractivity contribution in [1.82, 2.24) is 0 Å². The van der Waals surface area contributed by atoms with Crippen LogP contribution >= 0.6 is 11.8 Å². The summed E-state index contributed by atoms with van der Waals surface area (Å²) < 4.78 is 0. The number of rotatable bonds is 6. The molecule has 0 aromatic heterocycles. The molecule has 1 heterocycles. The molecule has 6 nitrogen and oxygen atoms in total. The quantitative estimate of drug-likeness (QED) is 0.470. The van der Waals surface area contributed by atoms with Crippen LogP contribution in [-0.4, -0.2) is 33.1 Å². The molecule has 0 bridgehead atoms. The molecule has 1 saturated carbocycles. The van der Waals surface area contributed by atoms with Gasteiger partial charge in [0.1, 0.15) is 5.25 Å². The number of carboxylic acids is 1. The monoisotopic (exact) mass is 449 g/mol. The summed E-state index contributed by atoms with van der Waals surface area (Å²) in [7, 11) is 0. The fraction of sp³-hybridized carbons (Fsp3) is 0.360. The lowest BCUT2D eigenvalue weighted by Gasteiger charge is -2.22. The molecule has 32 heavy (non-hydrogen) atoms. The van der Waals surface area contributed by atoms with Gasteiger partial charge in [-0.05, 0) is 48.9 Å².